The van der Waals surface area contributed by atoms with Gasteiger partial charge in [0, 0.05) is 16.4 Å². The fraction of sp³-hybridized carbons (Fsp3) is 0.481. The van der Waals surface area contributed by atoms with Gasteiger partial charge in [-0.2, -0.15) is 5.26 Å². The Kier molecular flexibility index (Phi) is 8.83. The minimum atomic E-state index is -0.157. The van der Waals surface area contributed by atoms with Crippen LogP contribution in [0.2, 0.25) is 5.02 Å². The van der Waals surface area contributed by atoms with Crippen LogP contribution in [0.4, 0.5) is 5.00 Å². The molecular weight excluding hydrogens is 526 g/mol. The number of carbonyl (C=O) groups excluding carboxylic acids is 1. The number of halogens is 1. The molecule has 0 saturated carbocycles. The van der Waals surface area contributed by atoms with Gasteiger partial charge in [0.1, 0.15) is 23.4 Å². The first-order valence-corrected chi connectivity index (χ1v) is 14.7. The molecule has 3 aromatic rings. The van der Waals surface area contributed by atoms with Crippen molar-refractivity contribution in [1.29, 1.82) is 5.26 Å². The summed E-state index contributed by atoms with van der Waals surface area (Å²) in [5, 5.41) is 23.3. The normalized spacial score (nSPS) is 15.2. The summed E-state index contributed by atoms with van der Waals surface area (Å²) in [7, 11) is 0. The van der Waals surface area contributed by atoms with Gasteiger partial charge in [0.25, 0.3) is 0 Å². The van der Waals surface area contributed by atoms with E-state index in [9.17, 15) is 10.1 Å². The summed E-state index contributed by atoms with van der Waals surface area (Å²) < 4.78 is 7.75. The minimum absolute atomic E-state index is 0.157. The summed E-state index contributed by atoms with van der Waals surface area (Å²) in [6, 6.07) is 9.49. The standard InChI is InChI=1S/C27H32ClN5O2S2/c1-5-27(3,4)17-7-12-20-21(14-29)25(37-22(20)13-17)30-24(34)16-36-26-32-31-23(33(26)6-2)15-35-19-10-8-18(28)9-11-19/h8-11,17H,5-7,12-13,15-16H2,1-4H3,(H,30,34)/t17-/m1/s1. The molecule has 0 spiro atoms. The maximum absolute atomic E-state index is 12.9. The Morgan fingerprint density at radius 3 is 2.76 bits per heavy atom. The molecule has 0 aliphatic heterocycles. The summed E-state index contributed by atoms with van der Waals surface area (Å²) in [6.45, 7) is 9.81. The zero-order chi connectivity index (χ0) is 26.6. The van der Waals surface area contributed by atoms with Gasteiger partial charge in [-0.25, -0.2) is 0 Å². The molecule has 1 atom stereocenters. The van der Waals surface area contributed by atoms with E-state index in [0.717, 1.165) is 31.2 Å². The van der Waals surface area contributed by atoms with Gasteiger partial charge in [0.2, 0.25) is 5.91 Å². The van der Waals surface area contributed by atoms with Gasteiger partial charge in [-0.05, 0) is 67.3 Å². The quantitative estimate of drug-likeness (QED) is 0.278. The highest BCUT2D eigenvalue weighted by molar-refractivity contribution is 7.99. The Balaban J connectivity index is 1.38. The molecule has 2 aromatic heterocycles. The van der Waals surface area contributed by atoms with E-state index < -0.39 is 0 Å². The molecule has 7 nitrogen and oxygen atoms in total. The van der Waals surface area contributed by atoms with Crippen molar-refractivity contribution in [2.45, 2.75) is 71.7 Å². The van der Waals surface area contributed by atoms with E-state index in [2.05, 4.69) is 42.4 Å². The third-order valence-electron chi connectivity index (χ3n) is 7.27. The molecule has 0 bridgehead atoms. The number of amides is 1. The van der Waals surface area contributed by atoms with Crippen LogP contribution in [0.25, 0.3) is 0 Å². The Morgan fingerprint density at radius 1 is 1.32 bits per heavy atom. The molecule has 196 valence electrons. The third-order valence-corrected chi connectivity index (χ3v) is 9.66. The molecule has 0 fully saturated rings. The first kappa shape index (κ1) is 27.5. The van der Waals surface area contributed by atoms with Crippen LogP contribution in [0.15, 0.2) is 29.4 Å². The van der Waals surface area contributed by atoms with Crippen LogP contribution in [0, 0.1) is 22.7 Å². The first-order valence-electron chi connectivity index (χ1n) is 12.5. The van der Waals surface area contributed by atoms with E-state index in [1.165, 1.54) is 16.6 Å². The Hall–Kier alpha value is -2.54. The van der Waals surface area contributed by atoms with E-state index in [1.54, 1.807) is 35.6 Å². The van der Waals surface area contributed by atoms with Crippen LogP contribution in [0.1, 0.15) is 62.4 Å². The SMILES string of the molecule is CCn1c(COc2ccc(Cl)cc2)nnc1SCC(=O)Nc1sc2c(c1C#N)CC[C@@H](C(C)(C)CC)C2. The number of benzene rings is 1. The van der Waals surface area contributed by atoms with Gasteiger partial charge in [0.05, 0.1) is 11.3 Å². The predicted octanol–water partition coefficient (Wildman–Crippen LogP) is 6.74. The summed E-state index contributed by atoms with van der Waals surface area (Å²) in [5.74, 6) is 1.99. The second-order valence-electron chi connectivity index (χ2n) is 9.82. The summed E-state index contributed by atoms with van der Waals surface area (Å²) in [4.78, 5) is 14.1. The van der Waals surface area contributed by atoms with E-state index in [1.807, 2.05) is 11.5 Å². The van der Waals surface area contributed by atoms with E-state index >= 15 is 0 Å². The van der Waals surface area contributed by atoms with Crippen LogP contribution in [0.3, 0.4) is 0 Å². The second kappa shape index (κ2) is 11.9. The zero-order valence-electron chi connectivity index (χ0n) is 21.6. The second-order valence-corrected chi connectivity index (χ2v) is 12.3. The molecule has 10 heteroatoms. The monoisotopic (exact) mass is 557 g/mol. The average Bonchev–Trinajstić information content (AvgIpc) is 3.46. The molecule has 2 heterocycles. The lowest BCUT2D eigenvalue weighted by molar-refractivity contribution is -0.113. The zero-order valence-corrected chi connectivity index (χ0v) is 24.0. The number of nitrogens with one attached hydrogen (secondary N) is 1. The molecule has 1 aliphatic rings. The number of aromatic nitrogens is 3. The molecule has 0 unspecified atom stereocenters. The van der Waals surface area contributed by atoms with Crippen molar-refractivity contribution in [3.05, 3.63) is 51.1 Å². The Labute approximate surface area is 231 Å². The topological polar surface area (TPSA) is 92.8 Å². The number of hydrogen-bond acceptors (Lipinski definition) is 7. The van der Waals surface area contributed by atoms with Crippen molar-refractivity contribution in [1.82, 2.24) is 14.8 Å². The lowest BCUT2D eigenvalue weighted by atomic mass is 9.69. The smallest absolute Gasteiger partial charge is 0.235 e. The molecule has 1 N–H and O–H groups in total. The number of carbonyl (C=O) groups is 1. The fourth-order valence-corrected chi connectivity index (χ4v) is 6.81. The summed E-state index contributed by atoms with van der Waals surface area (Å²) >= 11 is 8.82. The van der Waals surface area contributed by atoms with Crippen LogP contribution in [0.5, 0.6) is 5.75 Å². The van der Waals surface area contributed by atoms with Crippen LogP contribution in [-0.4, -0.2) is 26.4 Å². The highest BCUT2D eigenvalue weighted by atomic mass is 35.5. The van der Waals surface area contributed by atoms with Gasteiger partial charge in [-0.15, -0.1) is 21.5 Å². The molecule has 37 heavy (non-hydrogen) atoms. The van der Waals surface area contributed by atoms with Crippen molar-refractivity contribution < 1.29 is 9.53 Å². The number of nitrogens with zero attached hydrogens (tertiary/aromatic N) is 4. The van der Waals surface area contributed by atoms with Crippen LogP contribution >= 0.6 is 34.7 Å². The first-order chi connectivity index (χ1) is 17.7. The van der Waals surface area contributed by atoms with Crippen molar-refractivity contribution in [2.24, 2.45) is 11.3 Å². The largest absolute Gasteiger partial charge is 0.486 e. The number of rotatable bonds is 10. The number of thioether (sulfide) groups is 1. The maximum atomic E-state index is 12.9. The van der Waals surface area contributed by atoms with Crippen molar-refractivity contribution in [2.75, 3.05) is 11.1 Å². The molecule has 0 saturated heterocycles. The van der Waals surface area contributed by atoms with Gasteiger partial charge < -0.3 is 14.6 Å². The molecule has 1 aromatic carbocycles. The minimum Gasteiger partial charge on any atom is -0.486 e. The predicted molar refractivity (Wildman–Crippen MR) is 149 cm³/mol. The van der Waals surface area contributed by atoms with E-state index in [-0.39, 0.29) is 23.7 Å². The number of thiophene rings is 1. The average molecular weight is 558 g/mol. The molecular formula is C27H32ClN5O2S2. The number of anilines is 1. The highest BCUT2D eigenvalue weighted by Crippen LogP contribution is 2.45. The molecule has 0 radical (unpaired) electrons. The van der Waals surface area contributed by atoms with Gasteiger partial charge >= 0.3 is 0 Å². The third kappa shape index (κ3) is 6.31. The molecule has 4 rings (SSSR count). The van der Waals surface area contributed by atoms with Crippen molar-refractivity contribution in [3.63, 3.8) is 0 Å². The molecule has 1 amide bonds. The number of nitriles is 1. The molecule has 1 aliphatic carbocycles. The van der Waals surface area contributed by atoms with Crippen molar-refractivity contribution >= 4 is 45.6 Å². The Bertz CT molecular complexity index is 1290. The van der Waals surface area contributed by atoms with Gasteiger partial charge in [0.15, 0.2) is 11.0 Å². The van der Waals surface area contributed by atoms with E-state index in [0.29, 0.717) is 44.8 Å². The number of ether oxygens (including phenoxy) is 1. The number of fused-ring (bicyclic) bond motifs is 1. The fourth-order valence-electron chi connectivity index (χ4n) is 4.57. The number of hydrogen-bond donors (Lipinski definition) is 1. The van der Waals surface area contributed by atoms with Crippen LogP contribution < -0.4 is 10.1 Å². The van der Waals surface area contributed by atoms with Gasteiger partial charge in [-0.1, -0.05) is 50.6 Å². The summed E-state index contributed by atoms with van der Waals surface area (Å²) in [5.41, 5.74) is 2.02. The van der Waals surface area contributed by atoms with Gasteiger partial charge in [-0.3, -0.25) is 4.79 Å². The summed E-state index contributed by atoms with van der Waals surface area (Å²) in [6.07, 6.45) is 4.08. The maximum Gasteiger partial charge on any atom is 0.235 e. The van der Waals surface area contributed by atoms with Crippen molar-refractivity contribution in [3.8, 4) is 11.8 Å². The Morgan fingerprint density at radius 2 is 2.08 bits per heavy atom. The van der Waals surface area contributed by atoms with Crippen LogP contribution in [-0.2, 0) is 30.8 Å². The lowest BCUT2D eigenvalue weighted by Crippen LogP contribution is -2.28. The van der Waals surface area contributed by atoms with E-state index in [4.69, 9.17) is 16.3 Å². The highest BCUT2D eigenvalue weighted by Gasteiger charge is 2.34. The lowest BCUT2D eigenvalue weighted by Gasteiger charge is -2.36.